The van der Waals surface area contributed by atoms with Crippen LogP contribution in [0.5, 0.6) is 0 Å². The van der Waals surface area contributed by atoms with Crippen molar-refractivity contribution in [1.82, 2.24) is 4.90 Å². The van der Waals surface area contributed by atoms with E-state index < -0.39 is 5.54 Å². The maximum atomic E-state index is 12.9. The van der Waals surface area contributed by atoms with Crippen molar-refractivity contribution in [2.24, 2.45) is 0 Å². The normalized spacial score (nSPS) is 16.8. The number of carbonyl (C=O) groups excluding carboxylic acids is 1. The van der Waals surface area contributed by atoms with Gasteiger partial charge in [-0.2, -0.15) is 0 Å². The molecule has 1 aliphatic rings. The van der Waals surface area contributed by atoms with Crippen molar-refractivity contribution in [2.45, 2.75) is 23.9 Å². The van der Waals surface area contributed by atoms with E-state index in [1.807, 2.05) is 36.4 Å². The van der Waals surface area contributed by atoms with Crippen LogP contribution in [0.3, 0.4) is 0 Å². The van der Waals surface area contributed by atoms with Crippen LogP contribution in [0.15, 0.2) is 115 Å². The van der Waals surface area contributed by atoms with Crippen molar-refractivity contribution in [3.63, 3.8) is 0 Å². The number of rotatable bonds is 7. The van der Waals surface area contributed by atoms with Crippen LogP contribution in [0.1, 0.15) is 46.2 Å². The lowest BCUT2D eigenvalue weighted by atomic mass is 9.74. The van der Waals surface area contributed by atoms with E-state index in [9.17, 15) is 4.79 Å². The fourth-order valence-corrected chi connectivity index (χ4v) is 5.87. The lowest BCUT2D eigenvalue weighted by Gasteiger charge is -2.48. The molecule has 0 saturated carbocycles. The molecule has 4 aromatic rings. The molecule has 0 bridgehead atoms. The minimum absolute atomic E-state index is 0.0954. The number of benzene rings is 4. The Morgan fingerprint density at radius 2 is 1.25 bits per heavy atom. The Bertz CT molecular complexity index is 1260. The summed E-state index contributed by atoms with van der Waals surface area (Å²) >= 11 is 0. The Hall–Kier alpha value is -4.13. The smallest absolute Gasteiger partial charge is 0.313 e. The molecular weight excluding hydrogens is 442 g/mol. The number of fused-ring (bicyclic) bond motifs is 1. The quantitative estimate of drug-likeness (QED) is 0.180. The molecule has 0 N–H and O–H groups in total. The zero-order valence-electron chi connectivity index (χ0n) is 20.4. The third-order valence-electron chi connectivity index (χ3n) is 7.32. The van der Waals surface area contributed by atoms with Crippen LogP contribution in [0, 0.1) is 12.3 Å². The lowest BCUT2D eigenvalue weighted by molar-refractivity contribution is -0.142. The molecule has 5 rings (SSSR count). The first-order valence-electron chi connectivity index (χ1n) is 12.2. The molecule has 2 atom stereocenters. The second kappa shape index (κ2) is 10.2. The highest BCUT2D eigenvalue weighted by molar-refractivity contribution is 5.80. The van der Waals surface area contributed by atoms with Gasteiger partial charge in [0, 0.05) is 6.04 Å². The number of carbonyl (C=O) groups is 1. The van der Waals surface area contributed by atoms with Crippen LogP contribution in [0.2, 0.25) is 0 Å². The zero-order chi connectivity index (χ0) is 25.0. The molecular formula is C33H29NO2. The molecule has 4 aromatic carbocycles. The third kappa shape index (κ3) is 3.90. The largest absolute Gasteiger partial charge is 0.469 e. The van der Waals surface area contributed by atoms with E-state index in [-0.39, 0.29) is 17.9 Å². The minimum atomic E-state index is -0.682. The molecule has 0 radical (unpaired) electrons. The Labute approximate surface area is 213 Å². The first-order valence-corrected chi connectivity index (χ1v) is 12.2. The SMILES string of the molecule is C#CCN(C1CC(C(=O)OC)c2ccccc21)C(c1ccccc1)(c1ccccc1)c1ccccc1. The van der Waals surface area contributed by atoms with Crippen molar-refractivity contribution in [2.75, 3.05) is 13.7 Å². The molecule has 0 heterocycles. The summed E-state index contributed by atoms with van der Waals surface area (Å²) in [4.78, 5) is 15.3. The lowest BCUT2D eigenvalue weighted by Crippen LogP contribution is -2.49. The monoisotopic (exact) mass is 471 g/mol. The first-order chi connectivity index (χ1) is 17.7. The third-order valence-corrected chi connectivity index (χ3v) is 7.32. The zero-order valence-corrected chi connectivity index (χ0v) is 20.4. The van der Waals surface area contributed by atoms with Gasteiger partial charge in [-0.3, -0.25) is 9.69 Å². The van der Waals surface area contributed by atoms with Gasteiger partial charge in [0.05, 0.1) is 25.1 Å². The maximum Gasteiger partial charge on any atom is 0.313 e. The second-order valence-corrected chi connectivity index (χ2v) is 9.10. The standard InChI is InChI=1S/C33H29NO2/c1-3-23-34(31-24-30(32(35)36-2)28-21-13-14-22-29(28)31)33(25-15-7-4-8-16-25,26-17-9-5-10-18-26)27-19-11-6-12-20-27/h1,4-22,30-31H,23-24H2,2H3. The summed E-state index contributed by atoms with van der Waals surface area (Å²) in [6.07, 6.45) is 6.68. The second-order valence-electron chi connectivity index (χ2n) is 9.10. The van der Waals surface area contributed by atoms with Crippen LogP contribution in [0.25, 0.3) is 0 Å². The van der Waals surface area contributed by atoms with Crippen LogP contribution >= 0.6 is 0 Å². The summed E-state index contributed by atoms with van der Waals surface area (Å²) in [6, 6.07) is 39.7. The molecule has 3 nitrogen and oxygen atoms in total. The summed E-state index contributed by atoms with van der Waals surface area (Å²) in [5, 5.41) is 0. The van der Waals surface area contributed by atoms with Gasteiger partial charge in [0.2, 0.25) is 0 Å². The van der Waals surface area contributed by atoms with Crippen molar-refractivity contribution >= 4 is 5.97 Å². The molecule has 0 aromatic heterocycles. The van der Waals surface area contributed by atoms with Gasteiger partial charge < -0.3 is 4.74 Å². The maximum absolute atomic E-state index is 12.9. The summed E-state index contributed by atoms with van der Waals surface area (Å²) in [5.41, 5.74) is 4.82. The summed E-state index contributed by atoms with van der Waals surface area (Å²) in [7, 11) is 1.46. The number of nitrogens with zero attached hydrogens (tertiary/aromatic N) is 1. The topological polar surface area (TPSA) is 29.5 Å². The summed E-state index contributed by atoms with van der Waals surface area (Å²) in [5.74, 6) is 2.41. The average molecular weight is 472 g/mol. The van der Waals surface area contributed by atoms with E-state index >= 15 is 0 Å². The van der Waals surface area contributed by atoms with Gasteiger partial charge in [-0.15, -0.1) is 6.42 Å². The van der Waals surface area contributed by atoms with E-state index in [1.54, 1.807) is 0 Å². The van der Waals surface area contributed by atoms with Crippen molar-refractivity contribution < 1.29 is 9.53 Å². The van der Waals surface area contributed by atoms with Crippen molar-refractivity contribution in [1.29, 1.82) is 0 Å². The summed E-state index contributed by atoms with van der Waals surface area (Å²) in [6.45, 7) is 0.394. The van der Waals surface area contributed by atoms with Gasteiger partial charge in [-0.1, -0.05) is 121 Å². The van der Waals surface area contributed by atoms with E-state index in [0.29, 0.717) is 13.0 Å². The summed E-state index contributed by atoms with van der Waals surface area (Å²) < 4.78 is 5.22. The average Bonchev–Trinajstić information content (AvgIpc) is 3.34. The van der Waals surface area contributed by atoms with E-state index in [1.165, 1.54) is 7.11 Å². The molecule has 2 unspecified atom stereocenters. The predicted molar refractivity (Wildman–Crippen MR) is 143 cm³/mol. The van der Waals surface area contributed by atoms with E-state index in [4.69, 9.17) is 11.2 Å². The molecule has 0 amide bonds. The van der Waals surface area contributed by atoms with Crippen LogP contribution in [0.4, 0.5) is 0 Å². The highest BCUT2D eigenvalue weighted by Crippen LogP contribution is 2.52. The molecule has 0 aliphatic heterocycles. The Morgan fingerprint density at radius 3 is 1.69 bits per heavy atom. The van der Waals surface area contributed by atoms with Crippen molar-refractivity contribution in [3.05, 3.63) is 143 Å². The van der Waals surface area contributed by atoms with Gasteiger partial charge in [0.15, 0.2) is 0 Å². The number of hydrogen-bond acceptors (Lipinski definition) is 3. The number of esters is 1. The van der Waals surface area contributed by atoms with Crippen molar-refractivity contribution in [3.8, 4) is 12.3 Å². The molecule has 3 heteroatoms. The molecule has 1 aliphatic carbocycles. The highest BCUT2D eigenvalue weighted by Gasteiger charge is 2.49. The molecule has 0 spiro atoms. The number of terminal acetylenes is 1. The minimum Gasteiger partial charge on any atom is -0.469 e. The molecule has 0 saturated heterocycles. The first kappa shape index (κ1) is 23.6. The van der Waals surface area contributed by atoms with Crippen LogP contribution in [-0.2, 0) is 15.1 Å². The number of ether oxygens (including phenoxy) is 1. The molecule has 36 heavy (non-hydrogen) atoms. The van der Waals surface area contributed by atoms with Crippen LogP contribution in [-0.4, -0.2) is 24.5 Å². The highest BCUT2D eigenvalue weighted by atomic mass is 16.5. The van der Waals surface area contributed by atoms with Gasteiger partial charge in [0.25, 0.3) is 0 Å². The molecule has 178 valence electrons. The van der Waals surface area contributed by atoms with Gasteiger partial charge in [-0.05, 0) is 34.2 Å². The Morgan fingerprint density at radius 1 is 0.806 bits per heavy atom. The van der Waals surface area contributed by atoms with E-state index in [2.05, 4.69) is 89.7 Å². The fraction of sp³-hybridized carbons (Fsp3) is 0.182. The Balaban J connectivity index is 1.82. The van der Waals surface area contributed by atoms with Gasteiger partial charge in [0.1, 0.15) is 0 Å². The van der Waals surface area contributed by atoms with Crippen LogP contribution < -0.4 is 0 Å². The van der Waals surface area contributed by atoms with Gasteiger partial charge >= 0.3 is 5.97 Å². The fourth-order valence-electron chi connectivity index (χ4n) is 5.87. The number of methoxy groups -OCH3 is 1. The van der Waals surface area contributed by atoms with Gasteiger partial charge in [-0.25, -0.2) is 0 Å². The number of hydrogen-bond donors (Lipinski definition) is 0. The Kier molecular flexibility index (Phi) is 6.71. The van der Waals surface area contributed by atoms with E-state index in [0.717, 1.165) is 27.8 Å². The predicted octanol–water partition coefficient (Wildman–Crippen LogP) is 6.32. The molecule has 0 fully saturated rings.